The summed E-state index contributed by atoms with van der Waals surface area (Å²) in [5, 5.41) is 29.5. The van der Waals surface area contributed by atoms with Gasteiger partial charge in [-0.2, -0.15) is 0 Å². The molecule has 0 unspecified atom stereocenters. The van der Waals surface area contributed by atoms with E-state index < -0.39 is 50.1 Å². The van der Waals surface area contributed by atoms with Crippen molar-refractivity contribution in [1.82, 2.24) is 4.57 Å². The first kappa shape index (κ1) is 14.1. The van der Waals surface area contributed by atoms with Crippen molar-refractivity contribution in [3.8, 4) is 11.1 Å². The molecule has 1 aromatic heterocycles. The summed E-state index contributed by atoms with van der Waals surface area (Å²) < 4.78 is 71.5. The second kappa shape index (κ2) is 9.24. The Kier molecular flexibility index (Phi) is 4.35. The first-order valence-electron chi connectivity index (χ1n) is 12.7. The van der Waals surface area contributed by atoms with Crippen molar-refractivity contribution in [2.75, 3.05) is 0 Å². The van der Waals surface area contributed by atoms with Crippen LogP contribution >= 0.6 is 0 Å². The average molecular weight is 419 g/mol. The SMILES string of the molecule is [2H]C([2H])([2H])C([2H])(n1c(C=C[C@@H](O)C[C@@H](O)CC(=O)O)c(-c2ccc(F)cc2)c2ccccc21)C([2H])([2H])[2H]. The summed E-state index contributed by atoms with van der Waals surface area (Å²) >= 11 is 0. The lowest BCUT2D eigenvalue weighted by molar-refractivity contribution is -0.139. The highest BCUT2D eigenvalue weighted by Crippen LogP contribution is 2.38. The molecule has 0 bridgehead atoms. The molecule has 2 atom stereocenters. The zero-order valence-electron chi connectivity index (χ0n) is 22.9. The van der Waals surface area contributed by atoms with E-state index in [9.17, 15) is 19.4 Å². The van der Waals surface area contributed by atoms with Gasteiger partial charge in [0.25, 0.3) is 0 Å². The highest BCUT2D eigenvalue weighted by atomic mass is 19.1. The number of carboxylic acids is 1. The van der Waals surface area contributed by atoms with E-state index in [2.05, 4.69) is 0 Å². The highest BCUT2D eigenvalue weighted by molar-refractivity contribution is 6.01. The summed E-state index contributed by atoms with van der Waals surface area (Å²) in [5.41, 5.74) is 0.760. The topological polar surface area (TPSA) is 82.7 Å². The van der Waals surface area contributed by atoms with Crippen LogP contribution in [0.25, 0.3) is 28.1 Å². The second-order valence-electron chi connectivity index (χ2n) is 6.88. The maximum Gasteiger partial charge on any atom is 0.305 e. The van der Waals surface area contributed by atoms with Gasteiger partial charge in [0.2, 0.25) is 0 Å². The summed E-state index contributed by atoms with van der Waals surface area (Å²) in [4.78, 5) is 10.8. The molecular weight excluding hydrogens is 385 g/mol. The van der Waals surface area contributed by atoms with Gasteiger partial charge in [-0.3, -0.25) is 4.79 Å². The minimum absolute atomic E-state index is 0.0539. The van der Waals surface area contributed by atoms with Gasteiger partial charge in [-0.15, -0.1) is 0 Å². The molecule has 0 aliphatic rings. The number of nitrogens with zero attached hydrogens (tertiary/aromatic N) is 1. The monoisotopic (exact) mass is 418 g/mol. The van der Waals surface area contributed by atoms with Gasteiger partial charge in [-0.05, 0) is 43.5 Å². The van der Waals surface area contributed by atoms with Crippen molar-refractivity contribution in [1.29, 1.82) is 0 Å². The Balaban J connectivity index is 2.35. The van der Waals surface area contributed by atoms with Gasteiger partial charge in [-0.1, -0.05) is 36.4 Å². The van der Waals surface area contributed by atoms with Crippen molar-refractivity contribution in [2.24, 2.45) is 0 Å². The molecule has 2 aromatic carbocycles. The quantitative estimate of drug-likeness (QED) is 0.498. The minimum atomic E-state index is -3.33. The fourth-order valence-corrected chi connectivity index (χ4v) is 3.42. The number of aliphatic carboxylic acids is 1. The number of para-hydroxylation sites is 1. The Morgan fingerprint density at radius 3 is 2.57 bits per heavy atom. The van der Waals surface area contributed by atoms with Crippen LogP contribution in [0.15, 0.2) is 54.6 Å². The first-order valence-corrected chi connectivity index (χ1v) is 9.24. The number of fused-ring (bicyclic) bond motifs is 1. The molecule has 0 amide bonds. The predicted molar refractivity (Wildman–Crippen MR) is 116 cm³/mol. The number of rotatable bonds is 8. The van der Waals surface area contributed by atoms with Gasteiger partial charge in [0.05, 0.1) is 20.0 Å². The van der Waals surface area contributed by atoms with Crippen molar-refractivity contribution < 1.29 is 34.1 Å². The van der Waals surface area contributed by atoms with E-state index in [0.29, 0.717) is 16.5 Å². The number of aliphatic hydroxyl groups is 2. The van der Waals surface area contributed by atoms with Gasteiger partial charge in [0, 0.05) is 42.8 Å². The molecule has 0 fully saturated rings. The molecule has 158 valence electrons. The number of carboxylic acid groups (broad SMARTS) is 1. The third-order valence-corrected chi connectivity index (χ3v) is 4.67. The number of hydrogen-bond acceptors (Lipinski definition) is 3. The lowest BCUT2D eigenvalue weighted by Crippen LogP contribution is -2.19. The molecule has 0 radical (unpaired) electrons. The average Bonchev–Trinajstić information content (AvgIpc) is 3.09. The third-order valence-electron chi connectivity index (χ3n) is 4.67. The largest absolute Gasteiger partial charge is 0.481 e. The van der Waals surface area contributed by atoms with Crippen LogP contribution in [-0.4, -0.2) is 38.1 Å². The van der Waals surface area contributed by atoms with Crippen molar-refractivity contribution in [3.63, 3.8) is 0 Å². The maximum absolute atomic E-state index is 13.7. The van der Waals surface area contributed by atoms with Crippen LogP contribution in [0, 0.1) is 5.82 Å². The number of aromatic nitrogens is 1. The minimum Gasteiger partial charge on any atom is -0.481 e. The maximum atomic E-state index is 13.7. The smallest absolute Gasteiger partial charge is 0.305 e. The Bertz CT molecular complexity index is 1290. The van der Waals surface area contributed by atoms with Crippen molar-refractivity contribution in [3.05, 3.63) is 66.1 Å². The van der Waals surface area contributed by atoms with Gasteiger partial charge in [-0.25, -0.2) is 4.39 Å². The number of benzene rings is 2. The van der Waals surface area contributed by atoms with Crippen LogP contribution in [-0.2, 0) is 4.79 Å². The number of hydrogen-bond donors (Lipinski definition) is 3. The molecule has 0 aliphatic heterocycles. The van der Waals surface area contributed by atoms with Crippen LogP contribution in [0.3, 0.4) is 0 Å². The Hall–Kier alpha value is -2.96. The first-order chi connectivity index (χ1) is 17.1. The molecule has 1 heterocycles. The zero-order chi connectivity index (χ0) is 27.8. The van der Waals surface area contributed by atoms with Gasteiger partial charge >= 0.3 is 5.97 Å². The van der Waals surface area contributed by atoms with Gasteiger partial charge in [0.15, 0.2) is 0 Å². The number of aliphatic hydroxyl groups excluding tert-OH is 2. The van der Waals surface area contributed by atoms with Crippen LogP contribution in [0.5, 0.6) is 0 Å². The molecule has 3 aromatic rings. The zero-order valence-corrected chi connectivity index (χ0v) is 15.9. The third kappa shape index (κ3) is 4.78. The summed E-state index contributed by atoms with van der Waals surface area (Å²) in [7, 11) is 0. The molecule has 0 saturated heterocycles. The van der Waals surface area contributed by atoms with E-state index >= 15 is 0 Å². The highest BCUT2D eigenvalue weighted by Gasteiger charge is 2.19. The molecule has 3 N–H and O–H groups in total. The summed E-state index contributed by atoms with van der Waals surface area (Å²) in [6.45, 7) is -6.67. The van der Waals surface area contributed by atoms with E-state index in [1.54, 1.807) is 18.2 Å². The fourth-order valence-electron chi connectivity index (χ4n) is 3.42. The van der Waals surface area contributed by atoms with E-state index in [0.717, 1.165) is 10.6 Å². The normalized spacial score (nSPS) is 18.6. The Labute approximate surface area is 184 Å². The molecule has 0 spiro atoms. The summed E-state index contributed by atoms with van der Waals surface area (Å²) in [6, 6.07) is 8.29. The summed E-state index contributed by atoms with van der Waals surface area (Å²) in [6.07, 6.45) is -1.35. The van der Waals surface area contributed by atoms with E-state index in [-0.39, 0.29) is 17.6 Å². The van der Waals surface area contributed by atoms with Crippen molar-refractivity contribution >= 4 is 22.9 Å². The number of halogens is 1. The van der Waals surface area contributed by atoms with E-state index in [4.69, 9.17) is 14.7 Å². The molecule has 5 nitrogen and oxygen atoms in total. The molecule has 3 rings (SSSR count). The fraction of sp³-hybridized carbons (Fsp3) is 0.292. The lowest BCUT2D eigenvalue weighted by Gasteiger charge is -2.15. The molecular formula is C24H26FNO4. The second-order valence-corrected chi connectivity index (χ2v) is 6.88. The van der Waals surface area contributed by atoms with Crippen LogP contribution in [0.2, 0.25) is 0 Å². The molecule has 30 heavy (non-hydrogen) atoms. The van der Waals surface area contributed by atoms with Crippen LogP contribution < -0.4 is 0 Å². The van der Waals surface area contributed by atoms with E-state index in [1.807, 2.05) is 0 Å². The Morgan fingerprint density at radius 2 is 1.90 bits per heavy atom. The number of carbonyl (C=O) groups is 1. The van der Waals surface area contributed by atoms with Crippen molar-refractivity contribution in [2.45, 2.75) is 44.8 Å². The molecule has 6 heteroatoms. The van der Waals surface area contributed by atoms with Gasteiger partial charge in [0.1, 0.15) is 5.82 Å². The van der Waals surface area contributed by atoms with Crippen LogP contribution in [0.4, 0.5) is 4.39 Å². The Morgan fingerprint density at radius 1 is 1.20 bits per heavy atom. The molecule has 0 aliphatic carbocycles. The van der Waals surface area contributed by atoms with Crippen LogP contribution in [0.1, 0.15) is 47.9 Å². The molecule has 0 saturated carbocycles. The lowest BCUT2D eigenvalue weighted by atomic mass is 10.0. The van der Waals surface area contributed by atoms with Gasteiger partial charge < -0.3 is 19.9 Å². The summed E-state index contributed by atoms with van der Waals surface area (Å²) in [5.74, 6) is -1.80. The predicted octanol–water partition coefficient (Wildman–Crippen LogP) is 4.63. The standard InChI is InChI=1S/C24H26FNO4/c1-15(2)26-21-6-4-3-5-20(21)24(16-7-9-17(25)10-8-16)22(26)12-11-18(27)13-19(28)14-23(29)30/h3-12,15,18-19,27-28H,13-14H2,1-2H3,(H,29,30)/t18-,19-/m1/s1/i1D3,2D3,15D. The van der Waals surface area contributed by atoms with E-state index in [1.165, 1.54) is 36.4 Å².